The van der Waals surface area contributed by atoms with Crippen molar-refractivity contribution >= 4 is 96.9 Å². The molecule has 1 aliphatic carbocycles. The maximum absolute atomic E-state index is 7.18. The Morgan fingerprint density at radius 1 is 0.484 bits per heavy atom. The molecule has 0 amide bonds. The highest BCUT2D eigenvalue weighted by Crippen LogP contribution is 2.52. The van der Waals surface area contributed by atoms with Gasteiger partial charge in [-0.1, -0.05) is 147 Å². The van der Waals surface area contributed by atoms with E-state index in [0.717, 1.165) is 76.3 Å². The highest BCUT2D eigenvalue weighted by molar-refractivity contribution is 7.26. The van der Waals surface area contributed by atoms with E-state index in [4.69, 9.17) is 14.4 Å². The van der Waals surface area contributed by atoms with Crippen molar-refractivity contribution in [3.63, 3.8) is 0 Å². The molecule has 0 unspecified atom stereocenters. The lowest BCUT2D eigenvalue weighted by atomic mass is 9.82. The minimum Gasteiger partial charge on any atom is -0.453 e. The van der Waals surface area contributed by atoms with Crippen LogP contribution in [0.5, 0.6) is 0 Å². The van der Waals surface area contributed by atoms with Crippen LogP contribution >= 0.6 is 11.3 Å². The molecule has 0 fully saturated rings. The number of rotatable bonds is 3. The molecule has 0 aliphatic heterocycles. The van der Waals surface area contributed by atoms with Crippen LogP contribution in [0.15, 0.2) is 180 Å². The van der Waals surface area contributed by atoms with Crippen LogP contribution in [0.2, 0.25) is 0 Å². The average molecular weight is 810 g/mol. The van der Waals surface area contributed by atoms with Gasteiger partial charge in [-0.3, -0.25) is 0 Å². The highest BCUT2D eigenvalue weighted by atomic mass is 32.1. The van der Waals surface area contributed by atoms with Gasteiger partial charge in [0.15, 0.2) is 11.4 Å². The van der Waals surface area contributed by atoms with Crippen LogP contribution in [0.3, 0.4) is 0 Å². The number of furan rings is 1. The molecule has 0 saturated carbocycles. The molecular weight excluding hydrogens is 775 g/mol. The Balaban J connectivity index is 1.04. The van der Waals surface area contributed by atoms with Gasteiger partial charge >= 0.3 is 0 Å². The van der Waals surface area contributed by atoms with Gasteiger partial charge in [0.05, 0.1) is 32.6 Å². The summed E-state index contributed by atoms with van der Waals surface area (Å²) in [6, 6.07) is 63.7. The fraction of sp³-hybridized carbons (Fsp3) is 0.0526. The van der Waals surface area contributed by atoms with Crippen molar-refractivity contribution < 1.29 is 4.42 Å². The summed E-state index contributed by atoms with van der Waals surface area (Å²) in [5, 5.41) is 10.2. The van der Waals surface area contributed by atoms with Crippen LogP contribution in [0.25, 0.3) is 125 Å². The number of hydrogen-bond acceptors (Lipinski definition) is 4. The monoisotopic (exact) mass is 809 g/mol. The minimum atomic E-state index is -0.128. The van der Waals surface area contributed by atoms with Crippen molar-refractivity contribution in [2.75, 3.05) is 0 Å². The maximum Gasteiger partial charge on any atom is 0.161 e. The van der Waals surface area contributed by atoms with Crippen molar-refractivity contribution in [1.82, 2.24) is 14.5 Å². The van der Waals surface area contributed by atoms with Crippen LogP contribution in [0, 0.1) is 0 Å². The summed E-state index contributed by atoms with van der Waals surface area (Å²) in [4.78, 5) is 11.0. The molecule has 0 atom stereocenters. The first-order valence-corrected chi connectivity index (χ1v) is 22.0. The standard InChI is InChI=1S/C57H35N3OS/c1-57(2)45-22-10-7-17-36(45)41-29-42-37-18-8-11-23-47(37)60(49(42)31-46(41)57)48-24-13-21-39-43-30-44(35-16-5-6-19-38(35)53(43)61-54(39)48)56-58-51(34-27-26-32-14-3-4-15-33(32)28-34)55-52(59-56)40-20-9-12-25-50(40)62-55/h3-31H,1-2H3. The zero-order chi connectivity index (χ0) is 40.8. The molecule has 0 saturated heterocycles. The number of hydrogen-bond donors (Lipinski definition) is 0. The normalized spacial score (nSPS) is 13.5. The lowest BCUT2D eigenvalue weighted by Crippen LogP contribution is -2.14. The van der Waals surface area contributed by atoms with E-state index < -0.39 is 0 Å². The van der Waals surface area contributed by atoms with Gasteiger partial charge in [-0.25, -0.2) is 9.97 Å². The molecule has 0 spiro atoms. The van der Waals surface area contributed by atoms with E-state index in [9.17, 15) is 0 Å². The molecular formula is C57H35N3OS. The van der Waals surface area contributed by atoms with Gasteiger partial charge in [0.25, 0.3) is 0 Å². The van der Waals surface area contributed by atoms with Crippen molar-refractivity contribution in [2.45, 2.75) is 19.3 Å². The van der Waals surface area contributed by atoms with Gasteiger partial charge in [-0.2, -0.15) is 0 Å². The van der Waals surface area contributed by atoms with Crippen molar-refractivity contribution in [3.8, 4) is 39.5 Å². The second-order valence-electron chi connectivity index (χ2n) is 17.3. The molecule has 0 bridgehead atoms. The Morgan fingerprint density at radius 3 is 2.10 bits per heavy atom. The first-order chi connectivity index (χ1) is 30.5. The predicted octanol–water partition coefficient (Wildman–Crippen LogP) is 15.8. The molecule has 4 aromatic heterocycles. The lowest BCUT2D eigenvalue weighted by Gasteiger charge is -2.21. The van der Waals surface area contributed by atoms with Gasteiger partial charge in [-0.05, 0) is 80.9 Å². The number of aromatic nitrogens is 3. The molecule has 14 rings (SSSR count). The number of para-hydroxylation sites is 2. The van der Waals surface area contributed by atoms with Gasteiger partial charge in [-0.15, -0.1) is 11.3 Å². The maximum atomic E-state index is 7.18. The molecule has 0 radical (unpaired) electrons. The number of thiophene rings is 1. The lowest BCUT2D eigenvalue weighted by molar-refractivity contribution is 0.661. The van der Waals surface area contributed by atoms with Gasteiger partial charge < -0.3 is 8.98 Å². The van der Waals surface area contributed by atoms with Crippen molar-refractivity contribution in [3.05, 3.63) is 187 Å². The van der Waals surface area contributed by atoms with E-state index in [1.54, 1.807) is 11.3 Å². The third-order valence-corrected chi connectivity index (χ3v) is 14.8. The molecule has 290 valence electrons. The minimum absolute atomic E-state index is 0.128. The summed E-state index contributed by atoms with van der Waals surface area (Å²) in [5.74, 6) is 0.702. The summed E-state index contributed by atoms with van der Waals surface area (Å²) >= 11 is 1.76. The zero-order valence-corrected chi connectivity index (χ0v) is 34.7. The quantitative estimate of drug-likeness (QED) is 0.179. The number of benzene rings is 9. The molecule has 4 nitrogen and oxygen atoms in total. The zero-order valence-electron chi connectivity index (χ0n) is 33.9. The third-order valence-electron chi connectivity index (χ3n) is 13.6. The van der Waals surface area contributed by atoms with E-state index in [0.29, 0.717) is 5.82 Å². The summed E-state index contributed by atoms with van der Waals surface area (Å²) in [6.45, 7) is 4.71. The topological polar surface area (TPSA) is 43.9 Å². The Hall–Kier alpha value is -7.60. The Bertz CT molecular complexity index is 4090. The fourth-order valence-electron chi connectivity index (χ4n) is 10.6. The van der Waals surface area contributed by atoms with E-state index in [-0.39, 0.29) is 5.41 Å². The summed E-state index contributed by atoms with van der Waals surface area (Å²) in [7, 11) is 0. The molecule has 4 heterocycles. The molecule has 62 heavy (non-hydrogen) atoms. The fourth-order valence-corrected chi connectivity index (χ4v) is 11.8. The van der Waals surface area contributed by atoms with E-state index in [1.165, 1.54) is 54.0 Å². The predicted molar refractivity (Wildman–Crippen MR) is 260 cm³/mol. The van der Waals surface area contributed by atoms with Crippen LogP contribution in [0.1, 0.15) is 25.0 Å². The smallest absolute Gasteiger partial charge is 0.161 e. The van der Waals surface area contributed by atoms with Gasteiger partial charge in [0, 0.05) is 53.6 Å². The molecule has 5 heteroatoms. The SMILES string of the molecule is CC1(C)c2ccccc2-c2cc3c4ccccc4n(-c4cccc5c4oc4c6ccccc6c(-c6nc(-c7ccc8ccccc8c7)c7sc8ccccc8c7n6)cc54)c3cc21. The van der Waals surface area contributed by atoms with Gasteiger partial charge in [0.2, 0.25) is 0 Å². The summed E-state index contributed by atoms with van der Waals surface area (Å²) < 4.78 is 11.9. The van der Waals surface area contributed by atoms with Crippen LogP contribution in [-0.2, 0) is 5.41 Å². The number of fused-ring (bicyclic) bond motifs is 15. The highest BCUT2D eigenvalue weighted by Gasteiger charge is 2.36. The van der Waals surface area contributed by atoms with Crippen molar-refractivity contribution in [2.24, 2.45) is 0 Å². The van der Waals surface area contributed by atoms with Gasteiger partial charge in [0.1, 0.15) is 5.58 Å². The average Bonchev–Trinajstić information content (AvgIpc) is 4.04. The first-order valence-electron chi connectivity index (χ1n) is 21.2. The van der Waals surface area contributed by atoms with Crippen LogP contribution in [0.4, 0.5) is 0 Å². The Morgan fingerprint density at radius 2 is 1.19 bits per heavy atom. The number of nitrogens with zero attached hydrogens (tertiary/aromatic N) is 3. The third kappa shape index (κ3) is 4.55. The second-order valence-corrected chi connectivity index (χ2v) is 18.3. The molecule has 9 aromatic carbocycles. The molecule has 0 N–H and O–H groups in total. The Kier molecular flexibility index (Phi) is 6.75. The van der Waals surface area contributed by atoms with E-state index in [1.807, 2.05) is 0 Å². The van der Waals surface area contributed by atoms with Crippen LogP contribution in [-0.4, -0.2) is 14.5 Å². The summed E-state index contributed by atoms with van der Waals surface area (Å²) in [5.41, 5.74) is 14.3. The summed E-state index contributed by atoms with van der Waals surface area (Å²) in [6.07, 6.45) is 0. The van der Waals surface area contributed by atoms with E-state index in [2.05, 4.69) is 194 Å². The first kappa shape index (κ1) is 34.1. The molecule has 1 aliphatic rings. The van der Waals surface area contributed by atoms with Crippen molar-refractivity contribution in [1.29, 1.82) is 0 Å². The van der Waals surface area contributed by atoms with Crippen LogP contribution < -0.4 is 0 Å². The van der Waals surface area contributed by atoms with E-state index >= 15 is 0 Å². The Labute approximate surface area is 359 Å². The largest absolute Gasteiger partial charge is 0.453 e. The second kappa shape index (κ2) is 12.3. The molecule has 13 aromatic rings.